The number of thioether (sulfide) groups is 1. The molecule has 1 N–H and O–H groups in total. The van der Waals surface area contributed by atoms with Crippen molar-refractivity contribution in [3.8, 4) is 0 Å². The van der Waals surface area contributed by atoms with Crippen molar-refractivity contribution < 1.29 is 10.0 Å². The van der Waals surface area contributed by atoms with E-state index in [0.717, 1.165) is 35.1 Å². The minimum absolute atomic E-state index is 0.0859. The minimum Gasteiger partial charge on any atom is -0.396 e. The molecule has 0 aromatic heterocycles. The molecule has 0 aliphatic carbocycles. The van der Waals surface area contributed by atoms with Crippen LogP contribution < -0.4 is 0 Å². The number of aliphatic imine (C=N–C) groups is 1. The number of rotatable bonds is 6. The van der Waals surface area contributed by atoms with Gasteiger partial charge in [0.1, 0.15) is 0 Å². The summed E-state index contributed by atoms with van der Waals surface area (Å²) in [7, 11) is 0. The van der Waals surface area contributed by atoms with Crippen molar-refractivity contribution in [1.29, 1.82) is 0 Å². The third-order valence-corrected chi connectivity index (χ3v) is 4.86. The second-order valence-corrected chi connectivity index (χ2v) is 7.13. The first-order valence-corrected chi connectivity index (χ1v) is 8.75. The van der Waals surface area contributed by atoms with Crippen molar-refractivity contribution in [2.75, 3.05) is 18.9 Å². The minimum atomic E-state index is -0.392. The van der Waals surface area contributed by atoms with Crippen LogP contribution in [0.25, 0.3) is 0 Å². The molecule has 2 rings (SSSR count). The Hall–Kier alpha value is -1.60. The molecule has 1 fully saturated rings. The third kappa shape index (κ3) is 4.45. The second-order valence-electron chi connectivity index (χ2n) is 6.15. The highest BCUT2D eigenvalue weighted by Crippen LogP contribution is 2.31. The smallest absolute Gasteiger partial charge is 0.269 e. The largest absolute Gasteiger partial charge is 0.396 e. The van der Waals surface area contributed by atoms with E-state index >= 15 is 0 Å². The zero-order valence-corrected chi connectivity index (χ0v) is 14.5. The molecule has 0 radical (unpaired) electrons. The number of hydrogen-bond donors (Lipinski definition) is 1. The Kier molecular flexibility index (Phi) is 6.01. The topological polar surface area (TPSA) is 79.0 Å². The summed E-state index contributed by atoms with van der Waals surface area (Å²) < 4.78 is 0. The van der Waals surface area contributed by atoms with Crippen LogP contribution in [-0.4, -0.2) is 45.0 Å². The van der Waals surface area contributed by atoms with Gasteiger partial charge in [0.15, 0.2) is 5.17 Å². The lowest BCUT2D eigenvalue weighted by Gasteiger charge is -2.27. The van der Waals surface area contributed by atoms with Gasteiger partial charge in [0, 0.05) is 37.1 Å². The van der Waals surface area contributed by atoms with Crippen LogP contribution in [0.5, 0.6) is 0 Å². The monoisotopic (exact) mass is 337 g/mol. The summed E-state index contributed by atoms with van der Waals surface area (Å²) in [5.41, 5.74) is 1.64. The summed E-state index contributed by atoms with van der Waals surface area (Å²) in [6.07, 6.45) is 0.734. The van der Waals surface area contributed by atoms with Gasteiger partial charge < -0.3 is 10.0 Å². The molecule has 0 spiro atoms. The SMILES string of the molecule is Cc1cc([N+](=O)[O-])ccc1N=C1SC[C@H](CCO)N1CC(C)C. The molecule has 0 unspecified atom stereocenters. The van der Waals surface area contributed by atoms with E-state index in [1.165, 1.54) is 6.07 Å². The average molecular weight is 337 g/mol. The van der Waals surface area contributed by atoms with E-state index in [4.69, 9.17) is 4.99 Å². The number of benzene rings is 1. The van der Waals surface area contributed by atoms with Crippen molar-refractivity contribution in [3.05, 3.63) is 33.9 Å². The summed E-state index contributed by atoms with van der Waals surface area (Å²) >= 11 is 1.69. The van der Waals surface area contributed by atoms with Gasteiger partial charge in [0.25, 0.3) is 5.69 Å². The van der Waals surface area contributed by atoms with Crippen LogP contribution in [0.15, 0.2) is 23.2 Å². The first kappa shape index (κ1) is 17.7. The van der Waals surface area contributed by atoms with E-state index < -0.39 is 4.92 Å². The van der Waals surface area contributed by atoms with Crippen molar-refractivity contribution in [2.24, 2.45) is 10.9 Å². The number of nitro groups is 1. The van der Waals surface area contributed by atoms with E-state index in [9.17, 15) is 15.2 Å². The number of hydrogen-bond acceptors (Lipinski definition) is 5. The zero-order valence-electron chi connectivity index (χ0n) is 13.7. The van der Waals surface area contributed by atoms with Crippen molar-refractivity contribution in [3.63, 3.8) is 0 Å². The fourth-order valence-corrected chi connectivity index (χ4v) is 3.83. The summed E-state index contributed by atoms with van der Waals surface area (Å²) in [5, 5.41) is 21.0. The Bertz CT molecular complexity index is 604. The normalized spacial score (nSPS) is 19.8. The predicted molar refractivity (Wildman–Crippen MR) is 94.4 cm³/mol. The zero-order chi connectivity index (χ0) is 17.0. The highest BCUT2D eigenvalue weighted by atomic mass is 32.2. The average Bonchev–Trinajstić information content (AvgIpc) is 2.83. The fourth-order valence-electron chi connectivity index (χ4n) is 2.59. The quantitative estimate of drug-likeness (QED) is 0.636. The summed E-state index contributed by atoms with van der Waals surface area (Å²) in [6.45, 7) is 7.22. The molecular formula is C16H23N3O3S. The number of amidine groups is 1. The molecule has 6 nitrogen and oxygen atoms in total. The van der Waals surface area contributed by atoms with Crippen LogP contribution in [0.3, 0.4) is 0 Å². The fraction of sp³-hybridized carbons (Fsp3) is 0.562. The molecule has 1 atom stereocenters. The molecular weight excluding hydrogens is 314 g/mol. The molecule has 0 saturated carbocycles. The highest BCUT2D eigenvalue weighted by molar-refractivity contribution is 8.14. The van der Waals surface area contributed by atoms with Gasteiger partial charge in [-0.25, -0.2) is 4.99 Å². The summed E-state index contributed by atoms with van der Waals surface area (Å²) in [5.74, 6) is 1.41. The van der Waals surface area contributed by atoms with Crippen LogP contribution in [0.4, 0.5) is 11.4 Å². The number of non-ortho nitro benzene ring substituents is 1. The van der Waals surface area contributed by atoms with E-state index in [1.807, 2.05) is 6.92 Å². The molecule has 0 bridgehead atoms. The van der Waals surface area contributed by atoms with Crippen LogP contribution in [0, 0.1) is 23.0 Å². The Morgan fingerprint density at radius 1 is 1.52 bits per heavy atom. The summed E-state index contributed by atoms with van der Waals surface area (Å²) in [6, 6.07) is 5.04. The van der Waals surface area contributed by atoms with Gasteiger partial charge in [-0.2, -0.15) is 0 Å². The predicted octanol–water partition coefficient (Wildman–Crippen LogP) is 3.35. The van der Waals surface area contributed by atoms with Crippen LogP contribution >= 0.6 is 11.8 Å². The number of aryl methyl sites for hydroxylation is 1. The summed E-state index contributed by atoms with van der Waals surface area (Å²) in [4.78, 5) is 17.4. The molecule has 1 aromatic carbocycles. The Balaban J connectivity index is 2.27. The van der Waals surface area contributed by atoms with E-state index in [-0.39, 0.29) is 12.3 Å². The molecule has 1 heterocycles. The van der Waals surface area contributed by atoms with E-state index in [0.29, 0.717) is 12.0 Å². The van der Waals surface area contributed by atoms with Gasteiger partial charge in [-0.1, -0.05) is 25.6 Å². The lowest BCUT2D eigenvalue weighted by atomic mass is 10.1. The van der Waals surface area contributed by atoms with Gasteiger partial charge in [-0.15, -0.1) is 0 Å². The first-order chi connectivity index (χ1) is 10.9. The van der Waals surface area contributed by atoms with Gasteiger partial charge in [0.2, 0.25) is 0 Å². The van der Waals surface area contributed by atoms with Crippen molar-refractivity contribution in [1.82, 2.24) is 4.90 Å². The maximum absolute atomic E-state index is 10.8. The van der Waals surface area contributed by atoms with Crippen LogP contribution in [-0.2, 0) is 0 Å². The highest BCUT2D eigenvalue weighted by Gasteiger charge is 2.30. The standard InChI is InChI=1S/C16H23N3O3S/c1-11(2)9-18-14(6-7-20)10-23-16(18)17-15-5-4-13(19(21)22)8-12(15)3/h4-5,8,11,14,20H,6-7,9-10H2,1-3H3/t14-/m0/s1. The second kappa shape index (κ2) is 7.79. The van der Waals surface area contributed by atoms with E-state index in [2.05, 4.69) is 18.7 Å². The first-order valence-electron chi connectivity index (χ1n) is 7.76. The van der Waals surface area contributed by atoms with Crippen LogP contribution in [0.2, 0.25) is 0 Å². The van der Waals surface area contributed by atoms with Gasteiger partial charge >= 0.3 is 0 Å². The molecule has 1 aromatic rings. The molecule has 7 heteroatoms. The number of aliphatic hydroxyl groups is 1. The van der Waals surface area contributed by atoms with Crippen LogP contribution in [0.1, 0.15) is 25.8 Å². The molecule has 1 aliphatic rings. The number of nitrogens with zero attached hydrogens (tertiary/aromatic N) is 3. The van der Waals surface area contributed by atoms with Gasteiger partial charge in [0.05, 0.1) is 10.6 Å². The maximum Gasteiger partial charge on any atom is 0.269 e. The molecule has 23 heavy (non-hydrogen) atoms. The van der Waals surface area contributed by atoms with Crippen molar-refractivity contribution in [2.45, 2.75) is 33.2 Å². The molecule has 1 saturated heterocycles. The van der Waals surface area contributed by atoms with E-state index in [1.54, 1.807) is 23.9 Å². The number of nitro benzene ring substituents is 1. The lowest BCUT2D eigenvalue weighted by Crippen LogP contribution is -2.37. The Labute approximate surface area is 140 Å². The lowest BCUT2D eigenvalue weighted by molar-refractivity contribution is -0.384. The molecule has 1 aliphatic heterocycles. The van der Waals surface area contributed by atoms with Gasteiger partial charge in [-0.05, 0) is 30.9 Å². The maximum atomic E-state index is 10.8. The third-order valence-electron chi connectivity index (χ3n) is 3.72. The Morgan fingerprint density at radius 2 is 2.26 bits per heavy atom. The molecule has 0 amide bonds. The van der Waals surface area contributed by atoms with Gasteiger partial charge in [-0.3, -0.25) is 10.1 Å². The Morgan fingerprint density at radius 3 is 2.83 bits per heavy atom. The van der Waals surface area contributed by atoms with Crippen molar-refractivity contribution >= 4 is 28.3 Å². The number of aliphatic hydroxyl groups excluding tert-OH is 1. The molecule has 126 valence electrons.